The van der Waals surface area contributed by atoms with Crippen molar-refractivity contribution >= 4 is 22.7 Å². The lowest BCUT2D eigenvalue weighted by atomic mass is 9.98. The van der Waals surface area contributed by atoms with E-state index in [1.807, 2.05) is 0 Å². The first-order chi connectivity index (χ1) is 16.6. The SMILES string of the molecule is CCC(C)c1ccc(Nc2ccc(-c3ccc(Nc4ccc(C(C)CC)cc4)cc3)cc2)cc1. The molecule has 0 saturated carbocycles. The monoisotopic (exact) mass is 448 g/mol. The van der Waals surface area contributed by atoms with Crippen molar-refractivity contribution in [1.29, 1.82) is 0 Å². The van der Waals surface area contributed by atoms with Crippen molar-refractivity contribution in [3.8, 4) is 11.1 Å². The van der Waals surface area contributed by atoms with Crippen LogP contribution in [0.25, 0.3) is 11.1 Å². The predicted octanol–water partition coefficient (Wildman–Crippen LogP) is 9.87. The zero-order valence-electron chi connectivity index (χ0n) is 20.8. The summed E-state index contributed by atoms with van der Waals surface area (Å²) >= 11 is 0. The molecule has 0 saturated heterocycles. The van der Waals surface area contributed by atoms with Crippen LogP contribution in [-0.4, -0.2) is 0 Å². The van der Waals surface area contributed by atoms with Crippen LogP contribution in [0.1, 0.15) is 63.5 Å². The average molecular weight is 449 g/mol. The van der Waals surface area contributed by atoms with Crippen molar-refractivity contribution in [3.05, 3.63) is 108 Å². The largest absolute Gasteiger partial charge is 0.356 e. The van der Waals surface area contributed by atoms with Crippen LogP contribution in [0.15, 0.2) is 97.1 Å². The number of anilines is 4. The first-order valence-corrected chi connectivity index (χ1v) is 12.5. The standard InChI is InChI=1S/C32H36N2/c1-5-23(3)25-7-15-29(16-8-25)33-31-19-11-27(12-20-31)28-13-21-32(22-14-28)34-30-17-9-26(10-18-30)24(4)6-2/h7-24,33-34H,5-6H2,1-4H3. The highest BCUT2D eigenvalue weighted by atomic mass is 14.9. The molecule has 0 aliphatic carbocycles. The van der Waals surface area contributed by atoms with Gasteiger partial charge in [0.2, 0.25) is 0 Å². The highest BCUT2D eigenvalue weighted by Crippen LogP contribution is 2.27. The number of hydrogen-bond acceptors (Lipinski definition) is 2. The maximum Gasteiger partial charge on any atom is 0.0384 e. The molecule has 4 aromatic carbocycles. The number of hydrogen-bond donors (Lipinski definition) is 2. The molecule has 4 aromatic rings. The second-order valence-corrected chi connectivity index (χ2v) is 9.27. The van der Waals surface area contributed by atoms with Crippen LogP contribution in [-0.2, 0) is 0 Å². The third kappa shape index (κ3) is 5.88. The van der Waals surface area contributed by atoms with Gasteiger partial charge in [-0.15, -0.1) is 0 Å². The maximum atomic E-state index is 3.51. The molecule has 0 heterocycles. The Labute approximate surface area is 205 Å². The van der Waals surface area contributed by atoms with Gasteiger partial charge in [0.05, 0.1) is 0 Å². The Hall–Kier alpha value is -3.52. The molecular formula is C32H36N2. The molecule has 2 unspecified atom stereocenters. The van der Waals surface area contributed by atoms with Gasteiger partial charge in [-0.25, -0.2) is 0 Å². The molecule has 0 spiro atoms. The van der Waals surface area contributed by atoms with E-state index in [0.29, 0.717) is 11.8 Å². The van der Waals surface area contributed by atoms with Gasteiger partial charge in [0.25, 0.3) is 0 Å². The summed E-state index contributed by atoms with van der Waals surface area (Å²) in [5.74, 6) is 1.20. The molecule has 0 fully saturated rings. The molecule has 2 N–H and O–H groups in total. The first-order valence-electron chi connectivity index (χ1n) is 12.5. The van der Waals surface area contributed by atoms with Gasteiger partial charge in [0, 0.05) is 22.7 Å². The van der Waals surface area contributed by atoms with E-state index in [1.165, 1.54) is 22.3 Å². The topological polar surface area (TPSA) is 24.1 Å². The lowest BCUT2D eigenvalue weighted by Crippen LogP contribution is -1.94. The molecule has 0 amide bonds. The molecule has 4 rings (SSSR count). The van der Waals surface area contributed by atoms with Crippen LogP contribution in [0.4, 0.5) is 22.7 Å². The van der Waals surface area contributed by atoms with E-state index < -0.39 is 0 Å². The van der Waals surface area contributed by atoms with E-state index >= 15 is 0 Å². The smallest absolute Gasteiger partial charge is 0.0384 e. The number of rotatable bonds is 9. The molecule has 0 aliphatic heterocycles. The van der Waals surface area contributed by atoms with Gasteiger partial charge >= 0.3 is 0 Å². The van der Waals surface area contributed by atoms with Gasteiger partial charge in [0.1, 0.15) is 0 Å². The summed E-state index contributed by atoms with van der Waals surface area (Å²) in [4.78, 5) is 0. The summed E-state index contributed by atoms with van der Waals surface area (Å²) in [7, 11) is 0. The minimum atomic E-state index is 0.602. The van der Waals surface area contributed by atoms with Crippen LogP contribution in [0.5, 0.6) is 0 Å². The molecule has 34 heavy (non-hydrogen) atoms. The third-order valence-corrected chi connectivity index (χ3v) is 6.86. The Balaban J connectivity index is 1.37. The fraction of sp³-hybridized carbons (Fsp3) is 0.250. The number of nitrogens with one attached hydrogen (secondary N) is 2. The Bertz CT molecular complexity index is 1060. The number of benzene rings is 4. The quantitative estimate of drug-likeness (QED) is 0.266. The van der Waals surface area contributed by atoms with Crippen LogP contribution >= 0.6 is 0 Å². The fourth-order valence-corrected chi connectivity index (χ4v) is 4.09. The van der Waals surface area contributed by atoms with Gasteiger partial charge in [0.15, 0.2) is 0 Å². The highest BCUT2D eigenvalue weighted by molar-refractivity contribution is 5.71. The minimum Gasteiger partial charge on any atom is -0.356 e. The average Bonchev–Trinajstić information content (AvgIpc) is 2.89. The van der Waals surface area contributed by atoms with Crippen molar-refractivity contribution in [2.24, 2.45) is 0 Å². The molecular weight excluding hydrogens is 412 g/mol. The summed E-state index contributed by atoms with van der Waals surface area (Å²) in [6.07, 6.45) is 2.33. The lowest BCUT2D eigenvalue weighted by molar-refractivity contribution is 0.734. The predicted molar refractivity (Wildman–Crippen MR) is 149 cm³/mol. The van der Waals surface area contributed by atoms with Gasteiger partial charge in [-0.1, -0.05) is 76.2 Å². The first kappa shape index (κ1) is 23.6. The van der Waals surface area contributed by atoms with Gasteiger partial charge < -0.3 is 10.6 Å². The summed E-state index contributed by atoms with van der Waals surface area (Å²) in [5.41, 5.74) is 9.64. The highest BCUT2D eigenvalue weighted by Gasteiger charge is 2.05. The van der Waals surface area contributed by atoms with E-state index in [9.17, 15) is 0 Å². The zero-order valence-corrected chi connectivity index (χ0v) is 20.8. The van der Waals surface area contributed by atoms with Gasteiger partial charge in [-0.2, -0.15) is 0 Å². The molecule has 0 bridgehead atoms. The summed E-state index contributed by atoms with van der Waals surface area (Å²) in [6.45, 7) is 9.01. The molecule has 0 radical (unpaired) electrons. The van der Waals surface area contributed by atoms with Crippen molar-refractivity contribution in [2.75, 3.05) is 10.6 Å². The Morgan fingerprint density at radius 2 is 0.706 bits per heavy atom. The Morgan fingerprint density at radius 3 is 0.971 bits per heavy atom. The maximum absolute atomic E-state index is 3.51. The molecule has 2 nitrogen and oxygen atoms in total. The Kier molecular flexibility index (Phi) is 7.69. The molecule has 0 aromatic heterocycles. The van der Waals surface area contributed by atoms with Crippen molar-refractivity contribution in [2.45, 2.75) is 52.4 Å². The van der Waals surface area contributed by atoms with Crippen molar-refractivity contribution in [3.63, 3.8) is 0 Å². The van der Waals surface area contributed by atoms with E-state index in [0.717, 1.165) is 35.6 Å². The van der Waals surface area contributed by atoms with E-state index in [-0.39, 0.29) is 0 Å². The fourth-order valence-electron chi connectivity index (χ4n) is 4.09. The van der Waals surface area contributed by atoms with Crippen LogP contribution in [0.2, 0.25) is 0 Å². The van der Waals surface area contributed by atoms with Crippen LogP contribution < -0.4 is 10.6 Å². The minimum absolute atomic E-state index is 0.602. The van der Waals surface area contributed by atoms with E-state index in [1.54, 1.807) is 0 Å². The summed E-state index contributed by atoms with van der Waals surface area (Å²) in [5, 5.41) is 7.02. The zero-order chi connectivity index (χ0) is 23.9. The molecule has 174 valence electrons. The van der Waals surface area contributed by atoms with E-state index in [2.05, 4.69) is 135 Å². The Morgan fingerprint density at radius 1 is 0.441 bits per heavy atom. The van der Waals surface area contributed by atoms with Crippen LogP contribution in [0, 0.1) is 0 Å². The third-order valence-electron chi connectivity index (χ3n) is 6.86. The van der Waals surface area contributed by atoms with E-state index in [4.69, 9.17) is 0 Å². The second kappa shape index (κ2) is 11.1. The molecule has 0 aliphatic rings. The second-order valence-electron chi connectivity index (χ2n) is 9.27. The molecule has 2 atom stereocenters. The van der Waals surface area contributed by atoms with Gasteiger partial charge in [-0.3, -0.25) is 0 Å². The van der Waals surface area contributed by atoms with Crippen LogP contribution in [0.3, 0.4) is 0 Å². The lowest BCUT2D eigenvalue weighted by Gasteiger charge is -2.12. The van der Waals surface area contributed by atoms with Gasteiger partial charge in [-0.05, 0) is 95.5 Å². The molecule has 2 heteroatoms. The van der Waals surface area contributed by atoms with Crippen molar-refractivity contribution in [1.82, 2.24) is 0 Å². The van der Waals surface area contributed by atoms with Crippen molar-refractivity contribution < 1.29 is 0 Å². The summed E-state index contributed by atoms with van der Waals surface area (Å²) < 4.78 is 0. The normalized spacial score (nSPS) is 12.7. The summed E-state index contributed by atoms with van der Waals surface area (Å²) in [6, 6.07) is 34.8.